The van der Waals surface area contributed by atoms with E-state index in [9.17, 15) is 8.42 Å². The van der Waals surface area contributed by atoms with Crippen molar-refractivity contribution in [3.8, 4) is 0 Å². The third-order valence-electron chi connectivity index (χ3n) is 4.79. The van der Waals surface area contributed by atoms with E-state index in [1.807, 2.05) is 19.1 Å². The van der Waals surface area contributed by atoms with Gasteiger partial charge in [0.15, 0.2) is 0 Å². The van der Waals surface area contributed by atoms with Crippen molar-refractivity contribution < 1.29 is 8.42 Å². The number of thiophene rings is 1. The van der Waals surface area contributed by atoms with Gasteiger partial charge in [-0.25, -0.2) is 23.1 Å². The van der Waals surface area contributed by atoms with Gasteiger partial charge in [-0.15, -0.1) is 11.3 Å². The number of hydrogen-bond acceptors (Lipinski definition) is 6. The quantitative estimate of drug-likeness (QED) is 0.747. The molecule has 0 amide bonds. The Morgan fingerprint density at radius 3 is 2.81 bits per heavy atom. The number of nitrogens with zero attached hydrogens (tertiary/aromatic N) is 3. The van der Waals surface area contributed by atoms with Gasteiger partial charge in [-0.05, 0) is 55.5 Å². The number of hydrogen-bond donors (Lipinski definition) is 1. The summed E-state index contributed by atoms with van der Waals surface area (Å²) in [5, 5.41) is 3.21. The van der Waals surface area contributed by atoms with E-state index in [-0.39, 0.29) is 0 Å². The minimum Gasteiger partial charge on any atom is -0.351 e. The van der Waals surface area contributed by atoms with Crippen LogP contribution in [0.2, 0.25) is 0 Å². The summed E-state index contributed by atoms with van der Waals surface area (Å²) < 4.78 is 27.0. The first-order chi connectivity index (χ1) is 12.4. The van der Waals surface area contributed by atoms with Gasteiger partial charge >= 0.3 is 0 Å². The van der Waals surface area contributed by atoms with E-state index in [0.29, 0.717) is 17.9 Å². The van der Waals surface area contributed by atoms with E-state index in [1.54, 1.807) is 17.4 Å². The number of aryl methyl sites for hydroxylation is 2. The number of fused-ring (bicyclic) bond motifs is 2. The highest BCUT2D eigenvalue weighted by molar-refractivity contribution is 7.89. The van der Waals surface area contributed by atoms with Gasteiger partial charge in [0, 0.05) is 13.1 Å². The summed E-state index contributed by atoms with van der Waals surface area (Å²) in [6.07, 6.45) is 0.667. The lowest BCUT2D eigenvalue weighted by Crippen LogP contribution is -2.33. The topological polar surface area (TPSA) is 75.2 Å². The summed E-state index contributed by atoms with van der Waals surface area (Å²) in [5.74, 6) is 1.70. The molecule has 1 aliphatic rings. The largest absolute Gasteiger partial charge is 0.351 e. The summed E-state index contributed by atoms with van der Waals surface area (Å²) in [6.45, 7) is 5.36. The van der Waals surface area contributed by atoms with Crippen LogP contribution in [-0.2, 0) is 23.0 Å². The van der Waals surface area contributed by atoms with Gasteiger partial charge in [-0.1, -0.05) is 12.1 Å². The second kappa shape index (κ2) is 6.29. The molecule has 26 heavy (non-hydrogen) atoms. The van der Waals surface area contributed by atoms with Crippen molar-refractivity contribution in [1.29, 1.82) is 0 Å². The lowest BCUT2D eigenvalue weighted by atomic mass is 9.99. The van der Waals surface area contributed by atoms with E-state index in [4.69, 9.17) is 4.98 Å². The molecule has 136 valence electrons. The molecule has 1 aromatic carbocycles. The predicted octanol–water partition coefficient (Wildman–Crippen LogP) is 2.78. The molecule has 0 unspecified atom stereocenters. The standard InChI is InChI=1S/C18H20N4O2S2/c1-11-10-25-18-16(11)17(20-12(2)21-18)22-8-7-14-13(9-22)5-4-6-15(14)26(23,24)19-3/h4-6,10,19H,7-9H2,1-3H3. The van der Waals surface area contributed by atoms with Crippen molar-refractivity contribution in [2.24, 2.45) is 0 Å². The SMILES string of the molecule is CNS(=O)(=O)c1cccc2c1CCN(c1nc(C)nc3scc(C)c13)C2. The van der Waals surface area contributed by atoms with Crippen molar-refractivity contribution in [2.75, 3.05) is 18.5 Å². The van der Waals surface area contributed by atoms with Gasteiger partial charge < -0.3 is 4.90 Å². The van der Waals surface area contributed by atoms with Gasteiger partial charge in [-0.2, -0.15) is 0 Å². The Morgan fingerprint density at radius 1 is 1.23 bits per heavy atom. The molecule has 6 nitrogen and oxygen atoms in total. The van der Waals surface area contributed by atoms with Gasteiger partial charge in [0.2, 0.25) is 10.0 Å². The van der Waals surface area contributed by atoms with Crippen LogP contribution >= 0.6 is 11.3 Å². The van der Waals surface area contributed by atoms with Crippen molar-refractivity contribution in [1.82, 2.24) is 14.7 Å². The van der Waals surface area contributed by atoms with Gasteiger partial charge in [0.05, 0.1) is 10.3 Å². The molecule has 0 atom stereocenters. The Bertz CT molecular complexity index is 1110. The summed E-state index contributed by atoms with van der Waals surface area (Å²) in [4.78, 5) is 12.9. The first-order valence-corrected chi connectivity index (χ1v) is 10.8. The second-order valence-corrected chi connectivity index (χ2v) is 9.18. The summed E-state index contributed by atoms with van der Waals surface area (Å²) >= 11 is 1.64. The zero-order chi connectivity index (χ0) is 18.5. The number of nitrogens with one attached hydrogen (secondary N) is 1. The normalized spacial score (nSPS) is 14.7. The minimum atomic E-state index is -3.45. The Labute approximate surface area is 157 Å². The molecule has 1 N–H and O–H groups in total. The fourth-order valence-electron chi connectivity index (χ4n) is 3.51. The van der Waals surface area contributed by atoms with E-state index >= 15 is 0 Å². The van der Waals surface area contributed by atoms with Gasteiger partial charge in [0.1, 0.15) is 16.5 Å². The zero-order valence-electron chi connectivity index (χ0n) is 14.9. The van der Waals surface area contributed by atoms with Gasteiger partial charge in [0.25, 0.3) is 0 Å². The van der Waals surface area contributed by atoms with E-state index in [1.165, 1.54) is 12.6 Å². The highest BCUT2D eigenvalue weighted by atomic mass is 32.2. The summed E-state index contributed by atoms with van der Waals surface area (Å²) in [6, 6.07) is 5.49. The Morgan fingerprint density at radius 2 is 2.04 bits per heavy atom. The van der Waals surface area contributed by atoms with Crippen LogP contribution in [0.25, 0.3) is 10.2 Å². The molecule has 0 fully saturated rings. The molecule has 0 bridgehead atoms. The van der Waals surface area contributed by atoms with E-state index < -0.39 is 10.0 Å². The van der Waals surface area contributed by atoms with Crippen molar-refractivity contribution in [2.45, 2.75) is 31.7 Å². The highest BCUT2D eigenvalue weighted by Gasteiger charge is 2.26. The first kappa shape index (κ1) is 17.4. The lowest BCUT2D eigenvalue weighted by molar-refractivity contribution is 0.585. The van der Waals surface area contributed by atoms with E-state index in [2.05, 4.69) is 26.9 Å². The Kier molecular flexibility index (Phi) is 4.21. The van der Waals surface area contributed by atoms with Crippen LogP contribution < -0.4 is 9.62 Å². The van der Waals surface area contributed by atoms with Crippen molar-refractivity contribution in [3.63, 3.8) is 0 Å². The highest BCUT2D eigenvalue weighted by Crippen LogP contribution is 2.35. The van der Waals surface area contributed by atoms with Crippen molar-refractivity contribution >= 4 is 37.4 Å². The lowest BCUT2D eigenvalue weighted by Gasteiger charge is -2.31. The van der Waals surface area contributed by atoms with Crippen LogP contribution in [0.3, 0.4) is 0 Å². The van der Waals surface area contributed by atoms with Crippen LogP contribution in [0.1, 0.15) is 22.5 Å². The number of sulfonamides is 1. The summed E-state index contributed by atoms with van der Waals surface area (Å²) in [5.41, 5.74) is 3.12. The van der Waals surface area contributed by atoms with Crippen LogP contribution in [0.4, 0.5) is 5.82 Å². The zero-order valence-corrected chi connectivity index (χ0v) is 16.5. The monoisotopic (exact) mass is 388 g/mol. The molecule has 0 aliphatic carbocycles. The summed E-state index contributed by atoms with van der Waals surface area (Å²) in [7, 11) is -2.01. The molecule has 0 spiro atoms. The molecule has 1 aliphatic heterocycles. The third-order valence-corrected chi connectivity index (χ3v) is 7.28. The van der Waals surface area contributed by atoms with Crippen LogP contribution in [0, 0.1) is 13.8 Å². The molecule has 8 heteroatoms. The number of aromatic nitrogens is 2. The number of anilines is 1. The maximum absolute atomic E-state index is 12.3. The fraction of sp³-hybridized carbons (Fsp3) is 0.333. The first-order valence-electron chi connectivity index (χ1n) is 8.42. The molecule has 0 saturated heterocycles. The molecule has 0 saturated carbocycles. The Balaban J connectivity index is 1.79. The molecule has 3 aromatic rings. The fourth-order valence-corrected chi connectivity index (χ4v) is 5.51. The molecule has 0 radical (unpaired) electrons. The van der Waals surface area contributed by atoms with Crippen LogP contribution in [0.15, 0.2) is 28.5 Å². The molecular weight excluding hydrogens is 368 g/mol. The third kappa shape index (κ3) is 2.78. The average Bonchev–Trinajstić information content (AvgIpc) is 3.00. The Hall–Kier alpha value is -2.03. The maximum Gasteiger partial charge on any atom is 0.240 e. The molecular formula is C18H20N4O2S2. The van der Waals surface area contributed by atoms with E-state index in [0.717, 1.165) is 39.5 Å². The van der Waals surface area contributed by atoms with Crippen LogP contribution in [0.5, 0.6) is 0 Å². The molecule has 2 aromatic heterocycles. The second-order valence-electron chi connectivity index (χ2n) is 6.47. The number of benzene rings is 1. The minimum absolute atomic E-state index is 0.382. The van der Waals surface area contributed by atoms with Crippen molar-refractivity contribution in [3.05, 3.63) is 46.1 Å². The molecule has 4 rings (SSSR count). The van der Waals surface area contributed by atoms with Gasteiger partial charge in [-0.3, -0.25) is 0 Å². The molecule has 3 heterocycles. The maximum atomic E-state index is 12.3. The smallest absolute Gasteiger partial charge is 0.240 e. The average molecular weight is 389 g/mol. The number of rotatable bonds is 3. The van der Waals surface area contributed by atoms with Crippen LogP contribution in [-0.4, -0.2) is 32.0 Å². The predicted molar refractivity (Wildman–Crippen MR) is 104 cm³/mol.